The van der Waals surface area contributed by atoms with Crippen LogP contribution in [-0.2, 0) is 6.42 Å². The van der Waals surface area contributed by atoms with Gasteiger partial charge in [-0.3, -0.25) is 4.98 Å². The van der Waals surface area contributed by atoms with Crippen molar-refractivity contribution < 1.29 is 0 Å². The molecule has 0 bridgehead atoms. The maximum atomic E-state index is 4.33. The van der Waals surface area contributed by atoms with Crippen molar-refractivity contribution in [1.82, 2.24) is 10.3 Å². The zero-order valence-corrected chi connectivity index (χ0v) is 8.79. The minimum atomic E-state index is 0.860. The van der Waals surface area contributed by atoms with Crippen LogP contribution in [-0.4, -0.2) is 18.1 Å². The standard InChI is InChI=1S/C12H18N2/c1-10-12(3-2-6-14-10)9-11-4-7-13-8-5-11/h2-3,6,11,13H,4-5,7-9H2,1H3. The van der Waals surface area contributed by atoms with Gasteiger partial charge in [0.05, 0.1) is 0 Å². The predicted molar refractivity (Wildman–Crippen MR) is 58.3 cm³/mol. The van der Waals surface area contributed by atoms with Crippen molar-refractivity contribution in [3.05, 3.63) is 29.6 Å². The molecule has 2 heterocycles. The van der Waals surface area contributed by atoms with Gasteiger partial charge in [0.25, 0.3) is 0 Å². The molecule has 0 aromatic carbocycles. The predicted octanol–water partition coefficient (Wildman–Crippen LogP) is 1.93. The van der Waals surface area contributed by atoms with Gasteiger partial charge in [0, 0.05) is 11.9 Å². The van der Waals surface area contributed by atoms with E-state index in [9.17, 15) is 0 Å². The first kappa shape index (κ1) is 9.66. The summed E-state index contributed by atoms with van der Waals surface area (Å²) < 4.78 is 0. The molecule has 0 unspecified atom stereocenters. The molecular formula is C12H18N2. The Labute approximate surface area is 85.7 Å². The van der Waals surface area contributed by atoms with Crippen LogP contribution in [0.2, 0.25) is 0 Å². The monoisotopic (exact) mass is 190 g/mol. The summed E-state index contributed by atoms with van der Waals surface area (Å²) in [4.78, 5) is 4.33. The highest BCUT2D eigenvalue weighted by Crippen LogP contribution is 2.18. The number of pyridine rings is 1. The maximum absolute atomic E-state index is 4.33. The van der Waals surface area contributed by atoms with Crippen LogP contribution in [0.3, 0.4) is 0 Å². The van der Waals surface area contributed by atoms with Crippen LogP contribution in [0.1, 0.15) is 24.1 Å². The number of hydrogen-bond donors (Lipinski definition) is 1. The molecule has 1 aromatic heterocycles. The fraction of sp³-hybridized carbons (Fsp3) is 0.583. The van der Waals surface area contributed by atoms with Crippen molar-refractivity contribution in [2.75, 3.05) is 13.1 Å². The molecule has 0 aliphatic carbocycles. The van der Waals surface area contributed by atoms with Gasteiger partial charge in [-0.1, -0.05) is 6.07 Å². The van der Waals surface area contributed by atoms with Gasteiger partial charge >= 0.3 is 0 Å². The minimum absolute atomic E-state index is 0.860. The zero-order chi connectivity index (χ0) is 9.80. The van der Waals surface area contributed by atoms with Gasteiger partial charge in [0.15, 0.2) is 0 Å². The SMILES string of the molecule is Cc1ncccc1CC1CCNCC1. The number of aryl methyl sites for hydroxylation is 1. The molecule has 0 saturated carbocycles. The largest absolute Gasteiger partial charge is 0.317 e. The highest BCUT2D eigenvalue weighted by molar-refractivity contribution is 5.18. The van der Waals surface area contributed by atoms with Crippen molar-refractivity contribution in [1.29, 1.82) is 0 Å². The van der Waals surface area contributed by atoms with E-state index in [1.54, 1.807) is 0 Å². The summed E-state index contributed by atoms with van der Waals surface area (Å²) in [6.07, 6.45) is 5.71. The van der Waals surface area contributed by atoms with Gasteiger partial charge < -0.3 is 5.32 Å². The van der Waals surface area contributed by atoms with E-state index in [1.807, 2.05) is 12.3 Å². The molecule has 1 aliphatic heterocycles. The van der Waals surface area contributed by atoms with Crippen molar-refractivity contribution in [3.8, 4) is 0 Å². The molecular weight excluding hydrogens is 172 g/mol. The van der Waals surface area contributed by atoms with Crippen molar-refractivity contribution >= 4 is 0 Å². The van der Waals surface area contributed by atoms with Crippen LogP contribution >= 0.6 is 0 Å². The van der Waals surface area contributed by atoms with Gasteiger partial charge in [-0.15, -0.1) is 0 Å². The molecule has 1 aliphatic rings. The minimum Gasteiger partial charge on any atom is -0.317 e. The molecule has 1 fully saturated rings. The third-order valence-corrected chi connectivity index (χ3v) is 3.08. The average Bonchev–Trinajstić information content (AvgIpc) is 2.23. The summed E-state index contributed by atoms with van der Waals surface area (Å²) >= 11 is 0. The van der Waals surface area contributed by atoms with Crippen molar-refractivity contribution in [3.63, 3.8) is 0 Å². The average molecular weight is 190 g/mol. The van der Waals surface area contributed by atoms with Crippen LogP contribution in [0.25, 0.3) is 0 Å². The summed E-state index contributed by atoms with van der Waals surface area (Å²) in [5.74, 6) is 0.860. The summed E-state index contributed by atoms with van der Waals surface area (Å²) in [5.41, 5.74) is 2.63. The zero-order valence-electron chi connectivity index (χ0n) is 8.79. The van der Waals surface area contributed by atoms with E-state index in [-0.39, 0.29) is 0 Å². The molecule has 0 spiro atoms. The van der Waals surface area contributed by atoms with Gasteiger partial charge in [0.1, 0.15) is 0 Å². The molecule has 14 heavy (non-hydrogen) atoms. The number of nitrogens with one attached hydrogen (secondary N) is 1. The Kier molecular flexibility index (Phi) is 3.14. The second kappa shape index (κ2) is 4.56. The van der Waals surface area contributed by atoms with Gasteiger partial charge in [-0.05, 0) is 56.8 Å². The van der Waals surface area contributed by atoms with Gasteiger partial charge in [-0.25, -0.2) is 0 Å². The van der Waals surface area contributed by atoms with Gasteiger partial charge in [0.2, 0.25) is 0 Å². The molecule has 1 N–H and O–H groups in total. The van der Waals surface area contributed by atoms with Crippen LogP contribution in [0.4, 0.5) is 0 Å². The third kappa shape index (κ3) is 2.32. The number of aromatic nitrogens is 1. The normalized spacial score (nSPS) is 18.4. The lowest BCUT2D eigenvalue weighted by Crippen LogP contribution is -2.28. The lowest BCUT2D eigenvalue weighted by molar-refractivity contribution is 0.372. The van der Waals surface area contributed by atoms with E-state index in [0.29, 0.717) is 0 Å². The van der Waals surface area contributed by atoms with E-state index in [1.165, 1.54) is 43.6 Å². The summed E-state index contributed by atoms with van der Waals surface area (Å²) in [6.45, 7) is 4.48. The first-order valence-electron chi connectivity index (χ1n) is 5.47. The molecule has 2 heteroatoms. The van der Waals surface area contributed by atoms with Crippen LogP contribution in [0, 0.1) is 12.8 Å². The second-order valence-corrected chi connectivity index (χ2v) is 4.15. The van der Waals surface area contributed by atoms with Crippen LogP contribution in [0.5, 0.6) is 0 Å². The van der Waals surface area contributed by atoms with E-state index in [0.717, 1.165) is 5.92 Å². The highest BCUT2D eigenvalue weighted by Gasteiger charge is 2.14. The summed E-state index contributed by atoms with van der Waals surface area (Å²) in [6, 6.07) is 4.26. The highest BCUT2D eigenvalue weighted by atomic mass is 14.9. The fourth-order valence-corrected chi connectivity index (χ4v) is 2.13. The molecule has 1 saturated heterocycles. The Bertz CT molecular complexity index is 290. The fourth-order valence-electron chi connectivity index (χ4n) is 2.13. The summed E-state index contributed by atoms with van der Waals surface area (Å²) in [7, 11) is 0. The smallest absolute Gasteiger partial charge is 0.0404 e. The van der Waals surface area contributed by atoms with Gasteiger partial charge in [-0.2, -0.15) is 0 Å². The van der Waals surface area contributed by atoms with Crippen LogP contribution < -0.4 is 5.32 Å². The lowest BCUT2D eigenvalue weighted by atomic mass is 9.90. The van der Waals surface area contributed by atoms with Crippen molar-refractivity contribution in [2.45, 2.75) is 26.2 Å². The maximum Gasteiger partial charge on any atom is 0.0404 e. The molecule has 2 rings (SSSR count). The number of piperidine rings is 1. The number of nitrogens with zero attached hydrogens (tertiary/aromatic N) is 1. The molecule has 2 nitrogen and oxygen atoms in total. The lowest BCUT2D eigenvalue weighted by Gasteiger charge is -2.22. The Morgan fingerprint density at radius 1 is 1.43 bits per heavy atom. The Morgan fingerprint density at radius 2 is 2.21 bits per heavy atom. The molecule has 0 amide bonds. The van der Waals surface area contributed by atoms with E-state index in [4.69, 9.17) is 0 Å². The van der Waals surface area contributed by atoms with E-state index >= 15 is 0 Å². The molecule has 76 valence electrons. The molecule has 0 radical (unpaired) electrons. The van der Waals surface area contributed by atoms with E-state index < -0.39 is 0 Å². The quantitative estimate of drug-likeness (QED) is 0.771. The third-order valence-electron chi connectivity index (χ3n) is 3.08. The Morgan fingerprint density at radius 3 is 2.93 bits per heavy atom. The molecule has 0 atom stereocenters. The van der Waals surface area contributed by atoms with Crippen LogP contribution in [0.15, 0.2) is 18.3 Å². The first-order valence-corrected chi connectivity index (χ1v) is 5.47. The number of hydrogen-bond acceptors (Lipinski definition) is 2. The van der Waals surface area contributed by atoms with E-state index in [2.05, 4.69) is 23.3 Å². The topological polar surface area (TPSA) is 24.9 Å². The number of rotatable bonds is 2. The molecule has 1 aromatic rings. The summed E-state index contributed by atoms with van der Waals surface area (Å²) in [5, 5.41) is 3.40. The Hall–Kier alpha value is -0.890. The second-order valence-electron chi connectivity index (χ2n) is 4.15. The Balaban J connectivity index is 1.99. The first-order chi connectivity index (χ1) is 6.86. The van der Waals surface area contributed by atoms with Crippen molar-refractivity contribution in [2.24, 2.45) is 5.92 Å².